The Hall–Kier alpha value is -17.5. The summed E-state index contributed by atoms with van der Waals surface area (Å²) in [6.45, 7) is 0. The van der Waals surface area contributed by atoms with E-state index < -0.39 is 0 Å². The first-order valence-electron chi connectivity index (χ1n) is 43.5. The molecule has 0 aliphatic rings. The van der Waals surface area contributed by atoms with Crippen molar-refractivity contribution in [1.82, 2.24) is 37.4 Å². The molecule has 0 aliphatic carbocycles. The predicted octanol–water partition coefficient (Wildman–Crippen LogP) is 30.6. The van der Waals surface area contributed by atoms with Crippen molar-refractivity contribution in [3.63, 3.8) is 0 Å². The number of fused-ring (bicyclic) bond motifs is 18. The minimum absolute atomic E-state index is 0.577. The molecule has 0 bridgehead atoms. The molecule has 0 radical (unpaired) electrons. The van der Waals surface area contributed by atoms with Crippen LogP contribution in [-0.2, 0) is 0 Å². The number of benzene rings is 19. The summed E-state index contributed by atoms with van der Waals surface area (Å²) in [7, 11) is 0. The Balaban J connectivity index is 0.661. The molecule has 7 aromatic heterocycles. The van der Waals surface area contributed by atoms with Gasteiger partial charge in [0.05, 0.1) is 89.2 Å². The Labute approximate surface area is 735 Å². The van der Waals surface area contributed by atoms with Crippen molar-refractivity contribution in [2.45, 2.75) is 0 Å². The minimum Gasteiger partial charge on any atom is -0.309 e. The molecule has 0 atom stereocenters. The number of aromatic nitrogens is 8. The normalized spacial score (nSPS) is 11.9. The topological polar surface area (TPSA) is 79.1 Å². The Bertz CT molecular complexity index is 8830. The van der Waals surface area contributed by atoms with E-state index in [0.29, 0.717) is 11.4 Å². The molecule has 7 heterocycles. The molecular formula is C119H73N9. The van der Waals surface area contributed by atoms with Crippen molar-refractivity contribution in [3.8, 4) is 119 Å². The molecule has 0 saturated carbocycles. The molecule has 19 aromatic carbocycles. The molecule has 594 valence electrons. The van der Waals surface area contributed by atoms with Crippen LogP contribution >= 0.6 is 0 Å². The second-order valence-electron chi connectivity index (χ2n) is 33.5. The third-order valence-corrected chi connectivity index (χ3v) is 26.4. The van der Waals surface area contributed by atoms with Gasteiger partial charge < -0.3 is 27.4 Å². The van der Waals surface area contributed by atoms with E-state index in [1.165, 1.54) is 59.8 Å². The Morgan fingerprint density at radius 1 is 0.156 bits per heavy atom. The fourth-order valence-corrected chi connectivity index (χ4v) is 20.5. The van der Waals surface area contributed by atoms with Crippen molar-refractivity contribution < 1.29 is 0 Å². The van der Waals surface area contributed by atoms with Crippen molar-refractivity contribution in [2.75, 3.05) is 0 Å². The van der Waals surface area contributed by atoms with Gasteiger partial charge >= 0.3 is 0 Å². The zero-order valence-electron chi connectivity index (χ0n) is 69.2. The van der Waals surface area contributed by atoms with Gasteiger partial charge in [0.15, 0.2) is 5.82 Å². The third kappa shape index (κ3) is 11.5. The van der Waals surface area contributed by atoms with Gasteiger partial charge in [-0.1, -0.05) is 249 Å². The monoisotopic (exact) mass is 1630 g/mol. The van der Waals surface area contributed by atoms with Crippen LogP contribution in [0.1, 0.15) is 5.56 Å². The number of nitriles is 1. The standard InChI is InChI=1S/C119H73N9/c120-74-75-43-45-76(46-44-75)77-47-49-78(50-48-77)119-121-105(85-23-22-30-90(63-85)126-110-40-19-13-34-96(110)102-69-82(54-60-116(102)126)79-51-57-113-99(66-79)93-31-10-16-37-107(93)123(113)87-24-4-1-5-25-87)73-106(122-119)86-64-91(127-111-41-20-14-35-97(111)103-70-83(55-61-117(103)127)80-52-58-114-100(67-80)94-32-11-17-38-108(94)124(114)88-26-6-2-7-27-88)72-92(65-86)128-112-42-21-15-36-98(112)104-71-84(56-62-118(104)128)81-53-59-115-101(68-81)95-33-12-18-39-109(95)125(115)89-28-8-3-9-29-89/h1-73H. The molecule has 26 aromatic rings. The Morgan fingerprint density at radius 3 is 0.719 bits per heavy atom. The molecule has 26 rings (SSSR count). The maximum absolute atomic E-state index is 9.80. The highest BCUT2D eigenvalue weighted by Gasteiger charge is 2.25. The van der Waals surface area contributed by atoms with E-state index in [9.17, 15) is 5.26 Å². The van der Waals surface area contributed by atoms with Gasteiger partial charge in [-0.3, -0.25) is 0 Å². The molecule has 0 aliphatic heterocycles. The highest BCUT2D eigenvalue weighted by Crippen LogP contribution is 2.46. The van der Waals surface area contributed by atoms with Gasteiger partial charge in [0.2, 0.25) is 0 Å². The summed E-state index contributed by atoms with van der Waals surface area (Å²) in [6.07, 6.45) is 0. The molecule has 9 nitrogen and oxygen atoms in total. The quantitative estimate of drug-likeness (QED) is 0.115. The molecule has 0 fully saturated rings. The van der Waals surface area contributed by atoms with Crippen molar-refractivity contribution >= 4 is 131 Å². The second-order valence-corrected chi connectivity index (χ2v) is 33.5. The van der Waals surface area contributed by atoms with Crippen LogP contribution in [0.5, 0.6) is 0 Å². The first kappa shape index (κ1) is 72.2. The van der Waals surface area contributed by atoms with Crippen LogP contribution in [0.4, 0.5) is 0 Å². The third-order valence-electron chi connectivity index (χ3n) is 26.4. The van der Waals surface area contributed by atoms with E-state index in [1.807, 2.05) is 24.3 Å². The van der Waals surface area contributed by atoms with Crippen LogP contribution in [0.2, 0.25) is 0 Å². The van der Waals surface area contributed by atoms with Gasteiger partial charge in [0, 0.05) is 115 Å². The predicted molar refractivity (Wildman–Crippen MR) is 531 cm³/mol. The highest BCUT2D eigenvalue weighted by atomic mass is 15.0. The van der Waals surface area contributed by atoms with E-state index in [0.717, 1.165) is 178 Å². The average molecular weight is 1630 g/mol. The molecule has 0 saturated heterocycles. The summed E-state index contributed by atoms with van der Waals surface area (Å²) >= 11 is 0. The molecule has 0 unspecified atom stereocenters. The summed E-state index contributed by atoms with van der Waals surface area (Å²) in [6, 6.07) is 163. The lowest BCUT2D eigenvalue weighted by Gasteiger charge is -2.17. The van der Waals surface area contributed by atoms with Gasteiger partial charge in [-0.05, 0) is 239 Å². The smallest absolute Gasteiger partial charge is 0.160 e. The van der Waals surface area contributed by atoms with Crippen molar-refractivity contribution in [3.05, 3.63) is 448 Å². The van der Waals surface area contributed by atoms with Gasteiger partial charge in [-0.2, -0.15) is 5.26 Å². The maximum Gasteiger partial charge on any atom is 0.160 e. The van der Waals surface area contributed by atoms with E-state index in [2.05, 4.69) is 452 Å². The van der Waals surface area contributed by atoms with Crippen LogP contribution in [0.3, 0.4) is 0 Å². The lowest BCUT2D eigenvalue weighted by atomic mass is 10.0. The molecule has 0 N–H and O–H groups in total. The zero-order valence-corrected chi connectivity index (χ0v) is 69.2. The molecule has 0 spiro atoms. The Kier molecular flexibility index (Phi) is 16.3. The fraction of sp³-hybridized carbons (Fsp3) is 0. The van der Waals surface area contributed by atoms with E-state index in [-0.39, 0.29) is 0 Å². The average Bonchev–Trinajstić information content (AvgIpc) is 1.57. The van der Waals surface area contributed by atoms with Gasteiger partial charge in [-0.15, -0.1) is 0 Å². The maximum atomic E-state index is 9.80. The molecular weight excluding hydrogens is 1560 g/mol. The summed E-state index contributed by atoms with van der Waals surface area (Å²) in [5.74, 6) is 0.577. The number of nitrogens with zero attached hydrogens (tertiary/aromatic N) is 9. The summed E-state index contributed by atoms with van der Waals surface area (Å²) < 4.78 is 14.5. The number of rotatable bonds is 13. The van der Waals surface area contributed by atoms with Gasteiger partial charge in [-0.25, -0.2) is 9.97 Å². The van der Waals surface area contributed by atoms with Gasteiger partial charge in [0.1, 0.15) is 0 Å². The van der Waals surface area contributed by atoms with Crippen LogP contribution < -0.4 is 0 Å². The minimum atomic E-state index is 0.577. The highest BCUT2D eigenvalue weighted by molar-refractivity contribution is 6.17. The molecule has 0 amide bonds. The summed E-state index contributed by atoms with van der Waals surface area (Å²) in [5.41, 5.74) is 33.6. The van der Waals surface area contributed by atoms with Crippen molar-refractivity contribution in [1.29, 1.82) is 5.26 Å². The lowest BCUT2D eigenvalue weighted by molar-refractivity contribution is 1.13. The van der Waals surface area contributed by atoms with Crippen molar-refractivity contribution in [2.24, 2.45) is 0 Å². The van der Waals surface area contributed by atoms with Crippen LogP contribution in [0.25, 0.3) is 243 Å². The fourth-order valence-electron chi connectivity index (χ4n) is 20.5. The zero-order chi connectivity index (χ0) is 84.2. The summed E-state index contributed by atoms with van der Waals surface area (Å²) in [5, 5.41) is 24.0. The van der Waals surface area contributed by atoms with Crippen LogP contribution in [0.15, 0.2) is 443 Å². The molecule has 9 heteroatoms. The van der Waals surface area contributed by atoms with Crippen LogP contribution in [-0.4, -0.2) is 37.4 Å². The SMILES string of the molecule is N#Cc1ccc(-c2ccc(-c3nc(-c4cccc(-n5c6ccccc6c6cc(-c7ccc8c(c7)c7ccccc7n8-c7ccccc7)ccc65)c4)cc(-c4cc(-n5c6ccccc6c6cc(-c7ccc8c(c7)c7ccccc7n8-c7ccccc7)ccc65)cc(-n5c6ccccc6c6cc(-c7ccc8c(c7)c7ccccc7n8-c7ccccc7)ccc65)c4)n3)cc2)cc1. The first-order chi connectivity index (χ1) is 63.4. The van der Waals surface area contributed by atoms with Gasteiger partial charge in [0.25, 0.3) is 0 Å². The number of para-hydroxylation sites is 9. The Morgan fingerprint density at radius 2 is 0.398 bits per heavy atom. The largest absolute Gasteiger partial charge is 0.309 e. The van der Waals surface area contributed by atoms with E-state index >= 15 is 0 Å². The summed E-state index contributed by atoms with van der Waals surface area (Å²) in [4.78, 5) is 11.5. The lowest BCUT2D eigenvalue weighted by Crippen LogP contribution is -2.02. The molecule has 128 heavy (non-hydrogen) atoms. The number of hydrogen-bond donors (Lipinski definition) is 0. The number of hydrogen-bond acceptors (Lipinski definition) is 3. The van der Waals surface area contributed by atoms with E-state index in [4.69, 9.17) is 9.97 Å². The van der Waals surface area contributed by atoms with Crippen LogP contribution in [0, 0.1) is 11.3 Å². The first-order valence-corrected chi connectivity index (χ1v) is 43.5. The second kappa shape index (κ2) is 28.8. The van der Waals surface area contributed by atoms with E-state index in [1.54, 1.807) is 0 Å².